The minimum Gasteiger partial charge on any atom is -0.341 e. The van der Waals surface area contributed by atoms with Gasteiger partial charge in [-0.2, -0.15) is 0 Å². The molecule has 6 nitrogen and oxygen atoms in total. The number of hydrogen-bond acceptors (Lipinski definition) is 3. The fourth-order valence-corrected chi connectivity index (χ4v) is 4.39. The maximum absolute atomic E-state index is 13.5. The van der Waals surface area contributed by atoms with E-state index in [1.807, 2.05) is 60.7 Å². The van der Waals surface area contributed by atoms with E-state index in [0.29, 0.717) is 25.9 Å². The molecule has 30 heavy (non-hydrogen) atoms. The first kappa shape index (κ1) is 20.1. The molecule has 0 aliphatic carbocycles. The molecule has 2 aliphatic heterocycles. The van der Waals surface area contributed by atoms with Gasteiger partial charge in [0.1, 0.15) is 12.1 Å². The number of likely N-dealkylation sites (tertiary alicyclic amines) is 1. The highest BCUT2D eigenvalue weighted by Gasteiger charge is 2.51. The normalized spacial score (nSPS) is 18.4. The molecule has 0 unspecified atom stereocenters. The van der Waals surface area contributed by atoms with Crippen molar-refractivity contribution in [2.45, 2.75) is 37.6 Å². The van der Waals surface area contributed by atoms with Gasteiger partial charge in [0, 0.05) is 25.9 Å². The maximum Gasteiger partial charge on any atom is 0.325 e. The summed E-state index contributed by atoms with van der Waals surface area (Å²) in [5, 5.41) is 2.94. The van der Waals surface area contributed by atoms with E-state index in [2.05, 4.69) is 5.32 Å². The molecule has 0 radical (unpaired) electrons. The van der Waals surface area contributed by atoms with E-state index in [1.165, 1.54) is 0 Å². The summed E-state index contributed by atoms with van der Waals surface area (Å²) in [6.07, 6.45) is 3.81. The van der Waals surface area contributed by atoms with Crippen molar-refractivity contribution in [3.63, 3.8) is 0 Å². The molecule has 4 rings (SSSR count). The third-order valence-corrected chi connectivity index (χ3v) is 5.95. The van der Waals surface area contributed by atoms with E-state index < -0.39 is 11.6 Å². The minimum atomic E-state index is -1.10. The van der Waals surface area contributed by atoms with E-state index in [0.717, 1.165) is 35.3 Å². The van der Waals surface area contributed by atoms with Crippen LogP contribution in [0.5, 0.6) is 0 Å². The smallest absolute Gasteiger partial charge is 0.325 e. The van der Waals surface area contributed by atoms with Crippen LogP contribution in [0, 0.1) is 0 Å². The summed E-state index contributed by atoms with van der Waals surface area (Å²) in [4.78, 5) is 41.9. The SMILES string of the molecule is O=C(CN1C(=O)NC(Cc2ccccc2)(Cc2ccccc2)C1=O)N1CCCCC1. The van der Waals surface area contributed by atoms with Crippen molar-refractivity contribution in [2.75, 3.05) is 19.6 Å². The second-order valence-corrected chi connectivity index (χ2v) is 8.17. The Kier molecular flexibility index (Phi) is 5.84. The van der Waals surface area contributed by atoms with Gasteiger partial charge in [0.2, 0.25) is 5.91 Å². The molecule has 0 atom stereocenters. The van der Waals surface area contributed by atoms with Crippen LogP contribution >= 0.6 is 0 Å². The van der Waals surface area contributed by atoms with Gasteiger partial charge in [0.05, 0.1) is 0 Å². The first-order valence-electron chi connectivity index (χ1n) is 10.6. The highest BCUT2D eigenvalue weighted by Crippen LogP contribution is 2.27. The lowest BCUT2D eigenvalue weighted by atomic mass is 9.84. The third-order valence-electron chi connectivity index (χ3n) is 5.95. The summed E-state index contributed by atoms with van der Waals surface area (Å²) in [7, 11) is 0. The van der Waals surface area contributed by atoms with E-state index in [-0.39, 0.29) is 18.4 Å². The second-order valence-electron chi connectivity index (χ2n) is 8.17. The monoisotopic (exact) mass is 405 g/mol. The maximum atomic E-state index is 13.5. The highest BCUT2D eigenvalue weighted by molar-refractivity contribution is 6.09. The van der Waals surface area contributed by atoms with Crippen LogP contribution in [0.25, 0.3) is 0 Å². The number of urea groups is 1. The van der Waals surface area contributed by atoms with Gasteiger partial charge in [-0.1, -0.05) is 60.7 Å². The minimum absolute atomic E-state index is 0.159. The average molecular weight is 405 g/mol. The molecule has 0 aromatic heterocycles. The quantitative estimate of drug-likeness (QED) is 0.752. The van der Waals surface area contributed by atoms with Crippen LogP contribution in [0.3, 0.4) is 0 Å². The Morgan fingerprint density at radius 2 is 1.37 bits per heavy atom. The van der Waals surface area contributed by atoms with Crippen LogP contribution in [-0.4, -0.2) is 52.8 Å². The Labute approximate surface area is 176 Å². The van der Waals surface area contributed by atoms with Crippen LogP contribution in [0.2, 0.25) is 0 Å². The molecule has 0 bridgehead atoms. The number of piperidine rings is 1. The van der Waals surface area contributed by atoms with Gasteiger partial charge in [-0.15, -0.1) is 0 Å². The Bertz CT molecular complexity index is 866. The van der Waals surface area contributed by atoms with Crippen molar-refractivity contribution in [1.82, 2.24) is 15.1 Å². The lowest BCUT2D eigenvalue weighted by Gasteiger charge is -2.29. The fourth-order valence-electron chi connectivity index (χ4n) is 4.39. The summed E-state index contributed by atoms with van der Waals surface area (Å²) in [5.41, 5.74) is 0.833. The summed E-state index contributed by atoms with van der Waals surface area (Å²) in [6.45, 7) is 1.19. The van der Waals surface area contributed by atoms with Crippen molar-refractivity contribution >= 4 is 17.8 Å². The Morgan fingerprint density at radius 1 is 0.833 bits per heavy atom. The molecular weight excluding hydrogens is 378 g/mol. The van der Waals surface area contributed by atoms with Crippen molar-refractivity contribution in [3.05, 3.63) is 71.8 Å². The molecule has 0 spiro atoms. The van der Waals surface area contributed by atoms with E-state index in [4.69, 9.17) is 0 Å². The number of carbonyl (C=O) groups excluding carboxylic acids is 3. The molecule has 6 heteroatoms. The van der Waals surface area contributed by atoms with Gasteiger partial charge in [-0.05, 0) is 30.4 Å². The summed E-state index contributed by atoms with van der Waals surface area (Å²) in [5.74, 6) is -0.487. The third kappa shape index (κ3) is 4.22. The van der Waals surface area contributed by atoms with Crippen LogP contribution in [0.4, 0.5) is 4.79 Å². The van der Waals surface area contributed by atoms with Crippen molar-refractivity contribution in [1.29, 1.82) is 0 Å². The Hall–Kier alpha value is -3.15. The van der Waals surface area contributed by atoms with Gasteiger partial charge >= 0.3 is 6.03 Å². The van der Waals surface area contributed by atoms with Crippen LogP contribution < -0.4 is 5.32 Å². The zero-order chi connectivity index (χ0) is 21.0. The predicted octanol–water partition coefficient (Wildman–Crippen LogP) is 2.77. The number of imide groups is 1. The first-order chi connectivity index (χ1) is 14.6. The predicted molar refractivity (Wildman–Crippen MR) is 114 cm³/mol. The average Bonchev–Trinajstić information content (AvgIpc) is 2.99. The Morgan fingerprint density at radius 3 is 1.90 bits per heavy atom. The largest absolute Gasteiger partial charge is 0.341 e. The van der Waals surface area contributed by atoms with Gasteiger partial charge in [-0.25, -0.2) is 4.79 Å². The number of benzene rings is 2. The fraction of sp³-hybridized carbons (Fsp3) is 0.375. The van der Waals surface area contributed by atoms with Crippen molar-refractivity contribution in [3.8, 4) is 0 Å². The molecule has 2 aliphatic rings. The first-order valence-corrected chi connectivity index (χ1v) is 10.6. The van der Waals surface area contributed by atoms with Crippen LogP contribution in [0.15, 0.2) is 60.7 Å². The molecule has 1 N–H and O–H groups in total. The van der Waals surface area contributed by atoms with Gasteiger partial charge < -0.3 is 10.2 Å². The Balaban J connectivity index is 1.58. The van der Waals surface area contributed by atoms with E-state index >= 15 is 0 Å². The summed E-state index contributed by atoms with van der Waals surface area (Å²) >= 11 is 0. The van der Waals surface area contributed by atoms with E-state index in [1.54, 1.807) is 4.90 Å². The zero-order valence-electron chi connectivity index (χ0n) is 17.0. The second kappa shape index (κ2) is 8.69. The van der Waals surface area contributed by atoms with Gasteiger partial charge in [-0.3, -0.25) is 14.5 Å². The number of nitrogens with one attached hydrogen (secondary N) is 1. The molecule has 2 heterocycles. The number of rotatable bonds is 6. The summed E-state index contributed by atoms with van der Waals surface area (Å²) in [6, 6.07) is 18.8. The van der Waals surface area contributed by atoms with E-state index in [9.17, 15) is 14.4 Å². The molecule has 2 saturated heterocycles. The van der Waals surface area contributed by atoms with Gasteiger partial charge in [0.15, 0.2) is 0 Å². The lowest BCUT2D eigenvalue weighted by Crippen LogP contribution is -2.51. The molecular formula is C24H27N3O3. The van der Waals surface area contributed by atoms with Crippen molar-refractivity contribution in [2.24, 2.45) is 0 Å². The number of hydrogen-bond donors (Lipinski definition) is 1. The van der Waals surface area contributed by atoms with Crippen molar-refractivity contribution < 1.29 is 14.4 Å². The number of amides is 4. The van der Waals surface area contributed by atoms with Gasteiger partial charge in [0.25, 0.3) is 5.91 Å². The molecule has 2 aromatic carbocycles. The summed E-state index contributed by atoms with van der Waals surface area (Å²) < 4.78 is 0. The standard InChI is InChI=1S/C24H27N3O3/c28-21(26-14-8-3-9-15-26)18-27-22(29)24(25-23(27)30,16-19-10-4-1-5-11-19)17-20-12-6-2-7-13-20/h1-2,4-7,10-13H,3,8-9,14-18H2,(H,25,30). The molecule has 2 fully saturated rings. The molecule has 4 amide bonds. The number of nitrogens with zero attached hydrogens (tertiary/aromatic N) is 2. The van der Waals surface area contributed by atoms with Crippen LogP contribution in [-0.2, 0) is 22.4 Å². The molecule has 2 aromatic rings. The zero-order valence-corrected chi connectivity index (χ0v) is 17.0. The highest BCUT2D eigenvalue weighted by atomic mass is 16.2. The number of carbonyl (C=O) groups is 3. The molecule has 0 saturated carbocycles. The van der Waals surface area contributed by atoms with Crippen LogP contribution in [0.1, 0.15) is 30.4 Å². The molecule has 156 valence electrons. The topological polar surface area (TPSA) is 69.7 Å². The lowest BCUT2D eigenvalue weighted by molar-refractivity contribution is -0.139.